The van der Waals surface area contributed by atoms with E-state index in [0.29, 0.717) is 11.3 Å². The van der Waals surface area contributed by atoms with Crippen LogP contribution in [0.15, 0.2) is 0 Å². The smallest absolute Gasteiger partial charge is 0.234 e. The van der Waals surface area contributed by atoms with Crippen molar-refractivity contribution in [2.75, 3.05) is 45.5 Å². The fourth-order valence-electron chi connectivity index (χ4n) is 2.17. The number of carbonyl (C=O) groups is 1. The van der Waals surface area contributed by atoms with Gasteiger partial charge in [-0.2, -0.15) is 11.8 Å². The van der Waals surface area contributed by atoms with Gasteiger partial charge in [-0.05, 0) is 38.6 Å². The highest BCUT2D eigenvalue weighted by Crippen LogP contribution is 2.46. The first-order valence-corrected chi connectivity index (χ1v) is 7.71. The van der Waals surface area contributed by atoms with Crippen LogP contribution in [0.4, 0.5) is 0 Å². The van der Waals surface area contributed by atoms with Crippen LogP contribution < -0.4 is 10.6 Å². The molecule has 4 nitrogen and oxygen atoms in total. The maximum Gasteiger partial charge on any atom is 0.234 e. The first-order valence-electron chi connectivity index (χ1n) is 6.49. The van der Waals surface area contributed by atoms with Gasteiger partial charge >= 0.3 is 0 Å². The van der Waals surface area contributed by atoms with E-state index >= 15 is 0 Å². The summed E-state index contributed by atoms with van der Waals surface area (Å²) in [5, 5.41) is 6.43. The highest BCUT2D eigenvalue weighted by Gasteiger charge is 2.41. The fraction of sp³-hybridized carbons (Fsp3) is 0.917. The van der Waals surface area contributed by atoms with Crippen LogP contribution >= 0.6 is 11.8 Å². The second kappa shape index (κ2) is 6.07. The molecular formula is C12H23N3OS. The lowest BCUT2D eigenvalue weighted by Gasteiger charge is -2.20. The lowest BCUT2D eigenvalue weighted by molar-refractivity contribution is -0.122. The first kappa shape index (κ1) is 13.2. The molecule has 1 amide bonds. The van der Waals surface area contributed by atoms with Crippen molar-refractivity contribution in [3.05, 3.63) is 0 Å². The molecule has 0 aromatic rings. The summed E-state index contributed by atoms with van der Waals surface area (Å²) < 4.78 is 0.371. The monoisotopic (exact) mass is 257 g/mol. The minimum absolute atomic E-state index is 0.187. The SMILES string of the molecule is CSC1(CNC(=O)CN2CCCNCC2)CC1. The molecule has 1 heterocycles. The van der Waals surface area contributed by atoms with Gasteiger partial charge in [-0.3, -0.25) is 9.69 Å². The molecule has 0 unspecified atom stereocenters. The number of hydrogen-bond donors (Lipinski definition) is 2. The van der Waals surface area contributed by atoms with Crippen LogP contribution in [-0.4, -0.2) is 61.1 Å². The predicted octanol–water partition coefficient (Wildman–Crippen LogP) is 0.294. The van der Waals surface area contributed by atoms with Crippen molar-refractivity contribution in [3.63, 3.8) is 0 Å². The summed E-state index contributed by atoms with van der Waals surface area (Å²) in [5.74, 6) is 0.187. The van der Waals surface area contributed by atoms with Gasteiger partial charge in [0.1, 0.15) is 0 Å². The van der Waals surface area contributed by atoms with E-state index in [4.69, 9.17) is 0 Å². The Bertz CT molecular complexity index is 260. The largest absolute Gasteiger partial charge is 0.354 e. The molecule has 0 radical (unpaired) electrons. The van der Waals surface area contributed by atoms with Crippen LogP contribution in [0.3, 0.4) is 0 Å². The lowest BCUT2D eigenvalue weighted by atomic mass is 10.3. The standard InChI is InChI=1S/C12H23N3OS/c1-17-12(3-4-12)10-14-11(16)9-15-7-2-5-13-6-8-15/h13H,2-10H2,1H3,(H,14,16). The average Bonchev–Trinajstić information content (AvgIpc) is 3.12. The quantitative estimate of drug-likeness (QED) is 0.743. The van der Waals surface area contributed by atoms with Gasteiger partial charge in [0.2, 0.25) is 5.91 Å². The van der Waals surface area contributed by atoms with Gasteiger partial charge in [0.25, 0.3) is 0 Å². The molecular weight excluding hydrogens is 234 g/mol. The highest BCUT2D eigenvalue weighted by molar-refractivity contribution is 8.00. The van der Waals surface area contributed by atoms with E-state index in [-0.39, 0.29) is 5.91 Å². The molecule has 2 aliphatic rings. The molecule has 98 valence electrons. The molecule has 0 spiro atoms. The summed E-state index contributed by atoms with van der Waals surface area (Å²) in [5.41, 5.74) is 0. The molecule has 1 aliphatic heterocycles. The average molecular weight is 257 g/mol. The summed E-state index contributed by atoms with van der Waals surface area (Å²) in [4.78, 5) is 14.1. The van der Waals surface area contributed by atoms with Gasteiger partial charge in [0.15, 0.2) is 0 Å². The topological polar surface area (TPSA) is 44.4 Å². The Labute approximate surface area is 108 Å². The minimum Gasteiger partial charge on any atom is -0.354 e. The minimum atomic E-state index is 0.187. The van der Waals surface area contributed by atoms with Crippen LogP contribution in [0, 0.1) is 0 Å². The third-order valence-corrected chi connectivity index (χ3v) is 5.07. The third kappa shape index (κ3) is 4.16. The second-order valence-electron chi connectivity index (χ2n) is 5.04. The summed E-state index contributed by atoms with van der Waals surface area (Å²) in [6.07, 6.45) is 5.78. The Morgan fingerprint density at radius 1 is 1.41 bits per heavy atom. The molecule has 17 heavy (non-hydrogen) atoms. The van der Waals surface area contributed by atoms with Crippen molar-refractivity contribution in [2.45, 2.75) is 24.0 Å². The Morgan fingerprint density at radius 2 is 2.24 bits per heavy atom. The summed E-state index contributed by atoms with van der Waals surface area (Å²) in [6.45, 7) is 5.51. The molecule has 0 aromatic carbocycles. The number of hydrogen-bond acceptors (Lipinski definition) is 4. The van der Waals surface area contributed by atoms with Gasteiger partial charge in [-0.25, -0.2) is 0 Å². The molecule has 2 fully saturated rings. The summed E-state index contributed by atoms with van der Waals surface area (Å²) >= 11 is 1.89. The third-order valence-electron chi connectivity index (χ3n) is 3.65. The Hall–Kier alpha value is -0.260. The van der Waals surface area contributed by atoms with Gasteiger partial charge < -0.3 is 10.6 Å². The maximum absolute atomic E-state index is 11.8. The van der Waals surface area contributed by atoms with Crippen LogP contribution in [0.2, 0.25) is 0 Å². The van der Waals surface area contributed by atoms with E-state index in [1.165, 1.54) is 12.8 Å². The van der Waals surface area contributed by atoms with Crippen LogP contribution in [0.1, 0.15) is 19.3 Å². The number of thioether (sulfide) groups is 1. The molecule has 1 saturated heterocycles. The highest BCUT2D eigenvalue weighted by atomic mass is 32.2. The lowest BCUT2D eigenvalue weighted by Crippen LogP contribution is -2.41. The number of nitrogens with zero attached hydrogens (tertiary/aromatic N) is 1. The van der Waals surface area contributed by atoms with E-state index < -0.39 is 0 Å². The van der Waals surface area contributed by atoms with E-state index in [1.807, 2.05) is 11.8 Å². The molecule has 1 aliphatic carbocycles. The van der Waals surface area contributed by atoms with Crippen molar-refractivity contribution in [1.82, 2.24) is 15.5 Å². The van der Waals surface area contributed by atoms with Gasteiger partial charge in [0, 0.05) is 24.4 Å². The Morgan fingerprint density at radius 3 is 2.94 bits per heavy atom. The van der Waals surface area contributed by atoms with E-state index in [2.05, 4.69) is 21.8 Å². The van der Waals surface area contributed by atoms with Crippen molar-refractivity contribution < 1.29 is 4.79 Å². The Balaban J connectivity index is 1.65. The fourth-order valence-corrected chi connectivity index (χ4v) is 2.90. The van der Waals surface area contributed by atoms with Crippen LogP contribution in [0.5, 0.6) is 0 Å². The molecule has 0 aromatic heterocycles. The zero-order valence-corrected chi connectivity index (χ0v) is 11.4. The zero-order valence-electron chi connectivity index (χ0n) is 10.6. The van der Waals surface area contributed by atoms with Gasteiger partial charge in [0.05, 0.1) is 6.54 Å². The number of nitrogens with one attached hydrogen (secondary N) is 2. The van der Waals surface area contributed by atoms with Gasteiger partial charge in [-0.15, -0.1) is 0 Å². The maximum atomic E-state index is 11.8. The number of rotatable bonds is 5. The predicted molar refractivity (Wildman–Crippen MR) is 72.4 cm³/mol. The molecule has 1 saturated carbocycles. The number of amides is 1. The van der Waals surface area contributed by atoms with Crippen LogP contribution in [-0.2, 0) is 4.79 Å². The molecule has 0 atom stereocenters. The van der Waals surface area contributed by atoms with Crippen molar-refractivity contribution in [3.8, 4) is 0 Å². The van der Waals surface area contributed by atoms with Gasteiger partial charge in [-0.1, -0.05) is 0 Å². The zero-order chi connectivity index (χ0) is 12.1. The van der Waals surface area contributed by atoms with Crippen LogP contribution in [0.25, 0.3) is 0 Å². The number of carbonyl (C=O) groups excluding carboxylic acids is 1. The second-order valence-corrected chi connectivity index (χ2v) is 6.32. The Kier molecular flexibility index (Phi) is 4.70. The van der Waals surface area contributed by atoms with E-state index in [1.54, 1.807) is 0 Å². The summed E-state index contributed by atoms with van der Waals surface area (Å²) in [6, 6.07) is 0. The van der Waals surface area contributed by atoms with Crippen molar-refractivity contribution in [1.29, 1.82) is 0 Å². The molecule has 5 heteroatoms. The first-order chi connectivity index (χ1) is 8.24. The van der Waals surface area contributed by atoms with E-state index in [9.17, 15) is 4.79 Å². The summed E-state index contributed by atoms with van der Waals surface area (Å²) in [7, 11) is 0. The normalized spacial score (nSPS) is 24.1. The molecule has 2 rings (SSSR count). The molecule has 2 N–H and O–H groups in total. The molecule has 0 bridgehead atoms. The van der Waals surface area contributed by atoms with E-state index in [0.717, 1.165) is 39.1 Å². The van der Waals surface area contributed by atoms with Crippen molar-refractivity contribution in [2.24, 2.45) is 0 Å². The van der Waals surface area contributed by atoms with Crippen molar-refractivity contribution >= 4 is 17.7 Å².